The first kappa shape index (κ1) is 12.9. The predicted octanol–water partition coefficient (Wildman–Crippen LogP) is 2.00. The molecule has 98 valence electrons. The molecule has 0 aromatic heterocycles. The molecule has 0 heterocycles. The molecule has 4 heteroatoms. The van der Waals surface area contributed by atoms with Gasteiger partial charge in [0.05, 0.1) is 12.7 Å². The zero-order chi connectivity index (χ0) is 13.0. The van der Waals surface area contributed by atoms with E-state index in [2.05, 4.69) is 0 Å². The summed E-state index contributed by atoms with van der Waals surface area (Å²) in [4.78, 5) is 11.2. The molecule has 0 saturated heterocycles. The Balaban J connectivity index is 2.00. The lowest BCUT2D eigenvalue weighted by Crippen LogP contribution is -2.15. The topological polar surface area (TPSA) is 55.8 Å². The zero-order valence-electron chi connectivity index (χ0n) is 10.5. The molecular weight excluding hydrogens is 232 g/mol. The molecule has 0 spiro atoms. The number of aliphatic hydroxyl groups is 1. The first-order valence-corrected chi connectivity index (χ1v) is 6.30. The van der Waals surface area contributed by atoms with Gasteiger partial charge in [0.1, 0.15) is 5.75 Å². The van der Waals surface area contributed by atoms with Crippen LogP contribution in [0.15, 0.2) is 18.2 Å². The van der Waals surface area contributed by atoms with Gasteiger partial charge in [-0.2, -0.15) is 0 Å². The fourth-order valence-corrected chi connectivity index (χ4v) is 2.20. The summed E-state index contributed by atoms with van der Waals surface area (Å²) in [5.41, 5.74) is 2.08. The van der Waals surface area contributed by atoms with Crippen molar-refractivity contribution in [1.82, 2.24) is 0 Å². The highest BCUT2D eigenvalue weighted by Gasteiger charge is 2.18. The van der Waals surface area contributed by atoms with Crippen molar-refractivity contribution in [1.29, 1.82) is 0 Å². The third kappa shape index (κ3) is 3.01. The maximum absolute atomic E-state index is 11.2. The Hall–Kier alpha value is -1.55. The average molecular weight is 250 g/mol. The van der Waals surface area contributed by atoms with E-state index >= 15 is 0 Å². The van der Waals surface area contributed by atoms with E-state index in [9.17, 15) is 9.90 Å². The fourth-order valence-electron chi connectivity index (χ4n) is 2.20. The molecule has 0 aliphatic heterocycles. The van der Waals surface area contributed by atoms with Crippen LogP contribution in [0.25, 0.3) is 0 Å². The standard InChI is InChI=1S/C14H18O4/c1-2-17-14(16)9-18-11-6-7-12-10(8-11)4-3-5-13(12)15/h6-8,13,15H,2-5,9H2,1H3. The Labute approximate surface area is 107 Å². The number of esters is 1. The lowest BCUT2D eigenvalue weighted by molar-refractivity contribution is -0.145. The van der Waals surface area contributed by atoms with E-state index in [-0.39, 0.29) is 18.7 Å². The van der Waals surface area contributed by atoms with Crippen LogP contribution < -0.4 is 4.74 Å². The highest BCUT2D eigenvalue weighted by molar-refractivity contribution is 5.71. The molecule has 1 aromatic carbocycles. The van der Waals surface area contributed by atoms with Crippen LogP contribution >= 0.6 is 0 Å². The molecule has 1 aliphatic rings. The van der Waals surface area contributed by atoms with Crippen LogP contribution in [0.1, 0.15) is 37.0 Å². The van der Waals surface area contributed by atoms with Crippen LogP contribution in [-0.2, 0) is 16.0 Å². The number of benzene rings is 1. The van der Waals surface area contributed by atoms with Crippen molar-refractivity contribution in [3.63, 3.8) is 0 Å². The molecule has 0 amide bonds. The molecular formula is C14H18O4. The van der Waals surface area contributed by atoms with E-state index in [0.29, 0.717) is 12.4 Å². The molecule has 0 saturated carbocycles. The normalized spacial score (nSPS) is 18.0. The van der Waals surface area contributed by atoms with Crippen LogP contribution in [0.2, 0.25) is 0 Å². The number of aryl methyl sites for hydroxylation is 1. The number of hydrogen-bond acceptors (Lipinski definition) is 4. The summed E-state index contributed by atoms with van der Waals surface area (Å²) in [7, 11) is 0. The number of carbonyl (C=O) groups excluding carboxylic acids is 1. The highest BCUT2D eigenvalue weighted by atomic mass is 16.6. The van der Waals surface area contributed by atoms with Crippen LogP contribution in [0.4, 0.5) is 0 Å². The van der Waals surface area contributed by atoms with Crippen molar-refractivity contribution < 1.29 is 19.4 Å². The maximum atomic E-state index is 11.2. The van der Waals surface area contributed by atoms with E-state index in [1.807, 2.05) is 12.1 Å². The first-order chi connectivity index (χ1) is 8.70. The Morgan fingerprint density at radius 1 is 1.50 bits per heavy atom. The van der Waals surface area contributed by atoms with Crippen LogP contribution in [-0.4, -0.2) is 24.3 Å². The minimum atomic E-state index is -0.368. The summed E-state index contributed by atoms with van der Waals surface area (Å²) in [6, 6.07) is 5.56. The minimum Gasteiger partial charge on any atom is -0.482 e. The smallest absolute Gasteiger partial charge is 0.344 e. The molecule has 4 nitrogen and oxygen atoms in total. The van der Waals surface area contributed by atoms with Gasteiger partial charge in [0.2, 0.25) is 0 Å². The number of hydrogen-bond donors (Lipinski definition) is 1. The molecule has 1 aromatic rings. The Morgan fingerprint density at radius 3 is 3.11 bits per heavy atom. The summed E-state index contributed by atoms with van der Waals surface area (Å²) < 4.78 is 10.2. The van der Waals surface area contributed by atoms with Crippen molar-refractivity contribution >= 4 is 5.97 Å². The van der Waals surface area contributed by atoms with Crippen molar-refractivity contribution in [3.05, 3.63) is 29.3 Å². The Morgan fingerprint density at radius 2 is 2.33 bits per heavy atom. The number of aliphatic hydroxyl groups excluding tert-OH is 1. The lowest BCUT2D eigenvalue weighted by Gasteiger charge is -2.21. The summed E-state index contributed by atoms with van der Waals surface area (Å²) in [6.07, 6.45) is 2.38. The van der Waals surface area contributed by atoms with Crippen molar-refractivity contribution in [2.75, 3.05) is 13.2 Å². The van der Waals surface area contributed by atoms with E-state index < -0.39 is 0 Å². The summed E-state index contributed by atoms with van der Waals surface area (Å²) in [5, 5.41) is 9.83. The second-order valence-corrected chi connectivity index (χ2v) is 4.36. The number of fused-ring (bicyclic) bond motifs is 1. The van der Waals surface area contributed by atoms with E-state index in [1.54, 1.807) is 13.0 Å². The number of carbonyl (C=O) groups is 1. The number of ether oxygens (including phenoxy) is 2. The molecule has 1 N–H and O–H groups in total. The fraction of sp³-hybridized carbons (Fsp3) is 0.500. The monoisotopic (exact) mass is 250 g/mol. The zero-order valence-corrected chi connectivity index (χ0v) is 10.5. The molecule has 0 bridgehead atoms. The largest absolute Gasteiger partial charge is 0.482 e. The molecule has 2 rings (SSSR count). The van der Waals surface area contributed by atoms with Gasteiger partial charge < -0.3 is 14.6 Å². The molecule has 0 fully saturated rings. The third-order valence-electron chi connectivity index (χ3n) is 3.06. The van der Waals surface area contributed by atoms with Crippen LogP contribution in [0.5, 0.6) is 5.75 Å². The molecule has 1 atom stereocenters. The first-order valence-electron chi connectivity index (χ1n) is 6.30. The van der Waals surface area contributed by atoms with Gasteiger partial charge in [0.25, 0.3) is 0 Å². The lowest BCUT2D eigenvalue weighted by atomic mass is 9.89. The predicted molar refractivity (Wildman–Crippen MR) is 66.5 cm³/mol. The second-order valence-electron chi connectivity index (χ2n) is 4.36. The highest BCUT2D eigenvalue weighted by Crippen LogP contribution is 2.31. The quantitative estimate of drug-likeness (QED) is 0.830. The maximum Gasteiger partial charge on any atom is 0.344 e. The van der Waals surface area contributed by atoms with Gasteiger partial charge in [-0.3, -0.25) is 0 Å². The Kier molecular flexibility index (Phi) is 4.20. The van der Waals surface area contributed by atoms with E-state index in [0.717, 1.165) is 30.4 Å². The summed E-state index contributed by atoms with van der Waals surface area (Å²) in [6.45, 7) is 2.05. The van der Waals surface area contributed by atoms with Crippen LogP contribution in [0.3, 0.4) is 0 Å². The van der Waals surface area contributed by atoms with Gasteiger partial charge in [-0.05, 0) is 49.4 Å². The van der Waals surface area contributed by atoms with Gasteiger partial charge in [0.15, 0.2) is 6.61 Å². The molecule has 18 heavy (non-hydrogen) atoms. The van der Waals surface area contributed by atoms with Gasteiger partial charge >= 0.3 is 5.97 Å². The summed E-state index contributed by atoms with van der Waals surface area (Å²) in [5.74, 6) is 0.283. The Bertz CT molecular complexity index is 428. The van der Waals surface area contributed by atoms with Crippen molar-refractivity contribution in [3.8, 4) is 5.75 Å². The van der Waals surface area contributed by atoms with Gasteiger partial charge in [0, 0.05) is 0 Å². The average Bonchev–Trinajstić information content (AvgIpc) is 2.37. The minimum absolute atomic E-state index is 0.0742. The second kappa shape index (κ2) is 5.87. The van der Waals surface area contributed by atoms with Crippen molar-refractivity contribution in [2.45, 2.75) is 32.3 Å². The van der Waals surface area contributed by atoms with Gasteiger partial charge in [-0.1, -0.05) is 6.07 Å². The summed E-state index contributed by atoms with van der Waals surface area (Å²) >= 11 is 0. The van der Waals surface area contributed by atoms with Crippen LogP contribution in [0, 0.1) is 0 Å². The third-order valence-corrected chi connectivity index (χ3v) is 3.06. The van der Waals surface area contributed by atoms with E-state index in [1.165, 1.54) is 0 Å². The van der Waals surface area contributed by atoms with Gasteiger partial charge in [-0.25, -0.2) is 4.79 Å². The van der Waals surface area contributed by atoms with Gasteiger partial charge in [-0.15, -0.1) is 0 Å². The molecule has 1 aliphatic carbocycles. The molecule has 0 radical (unpaired) electrons. The van der Waals surface area contributed by atoms with Crippen molar-refractivity contribution in [2.24, 2.45) is 0 Å². The van der Waals surface area contributed by atoms with E-state index in [4.69, 9.17) is 9.47 Å². The number of rotatable bonds is 4. The SMILES string of the molecule is CCOC(=O)COc1ccc2c(c1)CCCC2O. The molecule has 1 unspecified atom stereocenters.